The molecule has 0 atom stereocenters. The number of benzene rings is 1. The second-order valence-corrected chi connectivity index (χ2v) is 5.16. The highest BCUT2D eigenvalue weighted by Gasteiger charge is 2.06. The summed E-state index contributed by atoms with van der Waals surface area (Å²) in [4.78, 5) is 0. The van der Waals surface area contributed by atoms with Crippen LogP contribution in [0.2, 0.25) is 0 Å². The molecule has 2 aromatic heterocycles. The van der Waals surface area contributed by atoms with Crippen molar-refractivity contribution >= 4 is 67.1 Å². The van der Waals surface area contributed by atoms with Crippen LogP contribution in [0.3, 0.4) is 0 Å². The number of halogens is 2. The summed E-state index contributed by atoms with van der Waals surface area (Å²) >= 11 is 4.33. The molecule has 0 spiro atoms. The fraction of sp³-hybridized carbons (Fsp3) is 0. The molecule has 0 radical (unpaired) electrons. The Hall–Kier alpha value is -0.240. The van der Waals surface area contributed by atoms with Crippen LogP contribution in [0.15, 0.2) is 33.1 Å². The summed E-state index contributed by atoms with van der Waals surface area (Å²) in [7, 11) is 0. The lowest BCUT2D eigenvalue weighted by Gasteiger charge is -1.87. The summed E-state index contributed by atoms with van der Waals surface area (Å²) in [5, 5.41) is 2.25. The molecule has 0 amide bonds. The van der Waals surface area contributed by atoms with E-state index in [2.05, 4.69) is 51.2 Å². The van der Waals surface area contributed by atoms with E-state index in [-0.39, 0.29) is 0 Å². The van der Waals surface area contributed by atoms with Crippen LogP contribution in [0.5, 0.6) is 0 Å². The Morgan fingerprint density at radius 3 is 1.71 bits per heavy atom. The Morgan fingerprint density at radius 2 is 1.21 bits per heavy atom. The highest BCUT2D eigenvalue weighted by molar-refractivity contribution is 14.1. The van der Waals surface area contributed by atoms with Crippen molar-refractivity contribution in [1.82, 2.24) is 0 Å². The lowest BCUT2D eigenvalue weighted by molar-refractivity contribution is 0.573. The summed E-state index contributed by atoms with van der Waals surface area (Å²) in [6.45, 7) is 0. The van der Waals surface area contributed by atoms with Gasteiger partial charge in [0.25, 0.3) is 0 Å². The first-order valence-corrected chi connectivity index (χ1v) is 6.16. The van der Waals surface area contributed by atoms with Crippen molar-refractivity contribution in [2.24, 2.45) is 0 Å². The molecular weight excluding hydrogens is 406 g/mol. The van der Waals surface area contributed by atoms with E-state index in [0.29, 0.717) is 0 Å². The number of rotatable bonds is 0. The van der Waals surface area contributed by atoms with Gasteiger partial charge in [-0.1, -0.05) is 0 Å². The van der Waals surface area contributed by atoms with Gasteiger partial charge in [0.2, 0.25) is 0 Å². The SMILES string of the molecule is Ic1cc2cc3cc(I)oc3cc2o1. The van der Waals surface area contributed by atoms with Crippen LogP contribution in [0.1, 0.15) is 0 Å². The van der Waals surface area contributed by atoms with Crippen LogP contribution in [-0.4, -0.2) is 0 Å². The molecule has 4 heteroatoms. The van der Waals surface area contributed by atoms with Crippen LogP contribution in [0, 0.1) is 7.53 Å². The molecule has 70 valence electrons. The molecular formula is C10H4I2O2. The van der Waals surface area contributed by atoms with Crippen molar-refractivity contribution in [1.29, 1.82) is 0 Å². The maximum atomic E-state index is 5.51. The topological polar surface area (TPSA) is 26.3 Å². The zero-order valence-electron chi connectivity index (χ0n) is 6.88. The number of hydrogen-bond acceptors (Lipinski definition) is 2. The van der Waals surface area contributed by atoms with Gasteiger partial charge in [-0.3, -0.25) is 0 Å². The maximum absolute atomic E-state index is 5.51. The van der Waals surface area contributed by atoms with Gasteiger partial charge in [0.05, 0.1) is 0 Å². The van der Waals surface area contributed by atoms with Crippen molar-refractivity contribution in [3.05, 3.63) is 31.8 Å². The predicted molar refractivity (Wildman–Crippen MR) is 71.4 cm³/mol. The normalized spacial score (nSPS) is 11.6. The third kappa shape index (κ3) is 1.35. The Morgan fingerprint density at radius 1 is 0.714 bits per heavy atom. The molecule has 3 rings (SSSR count). The molecule has 2 nitrogen and oxygen atoms in total. The molecule has 0 aliphatic carbocycles. The van der Waals surface area contributed by atoms with Crippen molar-refractivity contribution in [2.75, 3.05) is 0 Å². The van der Waals surface area contributed by atoms with Crippen molar-refractivity contribution in [3.8, 4) is 0 Å². The van der Waals surface area contributed by atoms with Crippen LogP contribution in [-0.2, 0) is 0 Å². The second kappa shape index (κ2) is 3.13. The monoisotopic (exact) mass is 410 g/mol. The van der Waals surface area contributed by atoms with Crippen LogP contribution >= 0.6 is 45.2 Å². The molecule has 0 unspecified atom stereocenters. The summed E-state index contributed by atoms with van der Waals surface area (Å²) < 4.78 is 12.8. The van der Waals surface area contributed by atoms with Crippen LogP contribution < -0.4 is 0 Å². The standard InChI is InChI=1S/C10H4I2O2/c11-9-2-5-1-6-3-10(12)14-8(6)4-7(5)13-9/h1-4H. The third-order valence-electron chi connectivity index (χ3n) is 2.10. The molecule has 0 aliphatic heterocycles. The molecule has 2 heterocycles. The average molecular weight is 410 g/mol. The van der Waals surface area contributed by atoms with Gasteiger partial charge in [-0.15, -0.1) is 0 Å². The van der Waals surface area contributed by atoms with Crippen LogP contribution in [0.25, 0.3) is 21.9 Å². The molecule has 0 fully saturated rings. The van der Waals surface area contributed by atoms with Gasteiger partial charge in [0, 0.05) is 16.8 Å². The molecule has 3 aromatic rings. The number of furan rings is 2. The summed E-state index contributed by atoms with van der Waals surface area (Å²) in [5.74, 6) is 0. The minimum atomic E-state index is 0.882. The van der Waals surface area contributed by atoms with E-state index in [9.17, 15) is 0 Å². The lowest BCUT2D eigenvalue weighted by Crippen LogP contribution is -1.63. The second-order valence-electron chi connectivity index (χ2n) is 3.03. The highest BCUT2D eigenvalue weighted by Crippen LogP contribution is 2.28. The van der Waals surface area contributed by atoms with Gasteiger partial charge in [-0.2, -0.15) is 0 Å². The van der Waals surface area contributed by atoms with E-state index < -0.39 is 0 Å². The molecule has 14 heavy (non-hydrogen) atoms. The molecule has 0 bridgehead atoms. The Balaban J connectivity index is 2.49. The summed E-state index contributed by atoms with van der Waals surface area (Å²) in [6, 6.07) is 8.07. The van der Waals surface area contributed by atoms with Gasteiger partial charge in [-0.25, -0.2) is 0 Å². The zero-order valence-corrected chi connectivity index (χ0v) is 11.2. The van der Waals surface area contributed by atoms with Crippen LogP contribution in [0.4, 0.5) is 0 Å². The first-order chi connectivity index (χ1) is 6.72. The predicted octanol–water partition coefficient (Wildman–Crippen LogP) is 4.39. The van der Waals surface area contributed by atoms with E-state index in [1.165, 1.54) is 0 Å². The van der Waals surface area contributed by atoms with Crippen molar-refractivity contribution in [3.63, 3.8) is 0 Å². The number of fused-ring (bicyclic) bond motifs is 2. The fourth-order valence-corrected chi connectivity index (χ4v) is 2.66. The lowest BCUT2D eigenvalue weighted by atomic mass is 10.2. The van der Waals surface area contributed by atoms with Gasteiger partial charge >= 0.3 is 0 Å². The molecule has 0 aliphatic rings. The fourth-order valence-electron chi connectivity index (χ4n) is 1.51. The minimum absolute atomic E-state index is 0.882. The molecule has 0 saturated carbocycles. The molecule has 1 aromatic carbocycles. The minimum Gasteiger partial charge on any atom is -0.450 e. The van der Waals surface area contributed by atoms with E-state index in [0.717, 1.165) is 29.5 Å². The quantitative estimate of drug-likeness (QED) is 0.515. The number of hydrogen-bond donors (Lipinski definition) is 0. The maximum Gasteiger partial charge on any atom is 0.165 e. The molecule has 0 saturated heterocycles. The van der Waals surface area contributed by atoms with E-state index in [1.54, 1.807) is 0 Å². The Kier molecular flexibility index (Phi) is 2.01. The first-order valence-electron chi connectivity index (χ1n) is 4.00. The van der Waals surface area contributed by atoms with E-state index >= 15 is 0 Å². The summed E-state index contributed by atoms with van der Waals surface area (Å²) in [5.41, 5.74) is 1.76. The first kappa shape index (κ1) is 9.02. The van der Waals surface area contributed by atoms with Gasteiger partial charge in [0.15, 0.2) is 7.53 Å². The Bertz CT molecular complexity index is 519. The van der Waals surface area contributed by atoms with Gasteiger partial charge in [0.1, 0.15) is 11.2 Å². The van der Waals surface area contributed by atoms with Gasteiger partial charge < -0.3 is 8.83 Å². The zero-order chi connectivity index (χ0) is 9.71. The molecule has 0 N–H and O–H groups in total. The Labute approximate surface area is 107 Å². The summed E-state index contributed by atoms with van der Waals surface area (Å²) in [6.07, 6.45) is 0. The van der Waals surface area contributed by atoms with Crippen molar-refractivity contribution < 1.29 is 8.83 Å². The largest absolute Gasteiger partial charge is 0.450 e. The van der Waals surface area contributed by atoms with E-state index in [1.807, 2.05) is 18.2 Å². The van der Waals surface area contributed by atoms with Crippen molar-refractivity contribution in [2.45, 2.75) is 0 Å². The smallest absolute Gasteiger partial charge is 0.165 e. The average Bonchev–Trinajstić information content (AvgIpc) is 2.59. The third-order valence-corrected chi connectivity index (χ3v) is 3.16. The van der Waals surface area contributed by atoms with E-state index in [4.69, 9.17) is 8.83 Å². The van der Waals surface area contributed by atoms with Gasteiger partial charge in [-0.05, 0) is 63.4 Å². The highest BCUT2D eigenvalue weighted by atomic mass is 127.